The first-order chi connectivity index (χ1) is 9.79. The van der Waals surface area contributed by atoms with Crippen LogP contribution in [0.5, 0.6) is 0 Å². The smallest absolute Gasteiger partial charge is 0.419 e. The summed E-state index contributed by atoms with van der Waals surface area (Å²) in [6, 6.07) is 6.75. The van der Waals surface area contributed by atoms with Gasteiger partial charge >= 0.3 is 12.1 Å². The average molecular weight is 378 g/mol. The molecule has 0 aliphatic heterocycles. The minimum Gasteiger partial charge on any atom is -0.478 e. The van der Waals surface area contributed by atoms with Crippen molar-refractivity contribution in [3.05, 3.63) is 52.1 Å². The highest BCUT2D eigenvalue weighted by Gasteiger charge is 2.35. The predicted octanol–water partition coefficient (Wildman–Crippen LogP) is 4.71. The number of alkyl halides is 3. The van der Waals surface area contributed by atoms with Gasteiger partial charge in [-0.1, -0.05) is 23.9 Å². The van der Waals surface area contributed by atoms with Gasteiger partial charge in [-0.05, 0) is 34.1 Å². The van der Waals surface area contributed by atoms with Crippen molar-refractivity contribution >= 4 is 33.7 Å². The van der Waals surface area contributed by atoms with E-state index in [1.54, 1.807) is 6.07 Å². The number of carboxylic acids is 1. The predicted molar refractivity (Wildman–Crippen MR) is 74.5 cm³/mol. The lowest BCUT2D eigenvalue weighted by atomic mass is 10.2. The van der Waals surface area contributed by atoms with Crippen molar-refractivity contribution in [2.45, 2.75) is 16.1 Å². The number of carbonyl (C=O) groups is 1. The van der Waals surface area contributed by atoms with Crippen LogP contribution >= 0.6 is 27.7 Å². The third-order valence-corrected chi connectivity index (χ3v) is 3.98. The van der Waals surface area contributed by atoms with Gasteiger partial charge in [0.1, 0.15) is 5.03 Å². The lowest BCUT2D eigenvalue weighted by molar-refractivity contribution is -0.140. The molecule has 0 amide bonds. The molecule has 110 valence electrons. The number of halogens is 4. The van der Waals surface area contributed by atoms with Gasteiger partial charge in [0.05, 0.1) is 11.1 Å². The maximum atomic E-state index is 13.0. The largest absolute Gasteiger partial charge is 0.478 e. The first-order valence-electron chi connectivity index (χ1n) is 5.52. The van der Waals surface area contributed by atoms with E-state index in [0.29, 0.717) is 11.8 Å². The lowest BCUT2D eigenvalue weighted by Crippen LogP contribution is -2.08. The van der Waals surface area contributed by atoms with Gasteiger partial charge in [-0.15, -0.1) is 0 Å². The molecule has 0 aliphatic rings. The Morgan fingerprint density at radius 3 is 2.57 bits per heavy atom. The minimum absolute atomic E-state index is 0.0691. The molecule has 2 rings (SSSR count). The molecule has 21 heavy (non-hydrogen) atoms. The van der Waals surface area contributed by atoms with E-state index < -0.39 is 17.7 Å². The zero-order valence-electron chi connectivity index (χ0n) is 10.2. The van der Waals surface area contributed by atoms with Crippen LogP contribution < -0.4 is 0 Å². The second-order valence-corrected chi connectivity index (χ2v) is 5.85. The Morgan fingerprint density at radius 1 is 1.29 bits per heavy atom. The summed E-state index contributed by atoms with van der Waals surface area (Å²) in [5.41, 5.74) is -0.984. The van der Waals surface area contributed by atoms with Crippen molar-refractivity contribution in [2.75, 3.05) is 0 Å². The second kappa shape index (κ2) is 6.07. The SMILES string of the molecule is O=C(O)c1ccccc1Sc1ncc(Br)cc1C(F)(F)F. The Morgan fingerprint density at radius 2 is 1.95 bits per heavy atom. The molecule has 3 nitrogen and oxygen atoms in total. The number of aromatic carboxylic acids is 1. The van der Waals surface area contributed by atoms with Gasteiger partial charge in [0.25, 0.3) is 0 Å². The van der Waals surface area contributed by atoms with Crippen molar-refractivity contribution in [3.63, 3.8) is 0 Å². The van der Waals surface area contributed by atoms with E-state index in [1.807, 2.05) is 0 Å². The molecule has 0 spiro atoms. The molecular weight excluding hydrogens is 371 g/mol. The third-order valence-electron chi connectivity index (χ3n) is 2.45. The summed E-state index contributed by atoms with van der Waals surface area (Å²) in [5, 5.41) is 8.76. The first kappa shape index (κ1) is 15.8. The fourth-order valence-corrected chi connectivity index (χ4v) is 2.89. The minimum atomic E-state index is -4.57. The van der Waals surface area contributed by atoms with E-state index in [9.17, 15) is 18.0 Å². The zero-order chi connectivity index (χ0) is 15.6. The molecule has 1 heterocycles. The first-order valence-corrected chi connectivity index (χ1v) is 7.13. The Balaban J connectivity index is 2.48. The lowest BCUT2D eigenvalue weighted by Gasteiger charge is -2.12. The highest BCUT2D eigenvalue weighted by atomic mass is 79.9. The molecule has 8 heteroatoms. The van der Waals surface area contributed by atoms with Crippen LogP contribution in [-0.2, 0) is 6.18 Å². The van der Waals surface area contributed by atoms with Crippen LogP contribution in [-0.4, -0.2) is 16.1 Å². The van der Waals surface area contributed by atoms with E-state index in [2.05, 4.69) is 20.9 Å². The summed E-state index contributed by atoms with van der Waals surface area (Å²) in [4.78, 5) is 15.0. The third kappa shape index (κ3) is 3.76. The average Bonchev–Trinajstić information content (AvgIpc) is 2.40. The van der Waals surface area contributed by atoms with Crippen LogP contribution in [0.1, 0.15) is 15.9 Å². The number of nitrogens with zero attached hydrogens (tertiary/aromatic N) is 1. The van der Waals surface area contributed by atoms with Crippen LogP contribution in [0.15, 0.2) is 50.9 Å². The standard InChI is InChI=1S/C13H7BrF3NO2S/c14-7-5-9(13(15,16)17)11(18-6-7)21-10-4-2-1-3-8(10)12(19)20/h1-6H,(H,19,20). The maximum Gasteiger partial charge on any atom is 0.419 e. The van der Waals surface area contributed by atoms with E-state index in [4.69, 9.17) is 5.11 Å². The van der Waals surface area contributed by atoms with Crippen LogP contribution in [0.4, 0.5) is 13.2 Å². The molecule has 0 radical (unpaired) electrons. The van der Waals surface area contributed by atoms with E-state index in [0.717, 1.165) is 6.07 Å². The normalized spacial score (nSPS) is 11.4. The van der Waals surface area contributed by atoms with Gasteiger partial charge in [0, 0.05) is 15.6 Å². The zero-order valence-corrected chi connectivity index (χ0v) is 12.6. The summed E-state index contributed by atoms with van der Waals surface area (Å²) in [7, 11) is 0. The van der Waals surface area contributed by atoms with Crippen LogP contribution in [0.3, 0.4) is 0 Å². The summed E-state index contributed by atoms with van der Waals surface area (Å²) in [6.45, 7) is 0. The van der Waals surface area contributed by atoms with E-state index in [-0.39, 0.29) is 20.0 Å². The number of rotatable bonds is 3. The fraction of sp³-hybridized carbons (Fsp3) is 0.0769. The molecule has 0 unspecified atom stereocenters. The number of hydrogen-bond donors (Lipinski definition) is 1. The molecule has 0 aliphatic carbocycles. The molecule has 1 aromatic heterocycles. The summed E-state index contributed by atoms with van der Waals surface area (Å²) in [5.74, 6) is -1.20. The monoisotopic (exact) mass is 377 g/mol. The summed E-state index contributed by atoms with van der Waals surface area (Å²) in [6.07, 6.45) is -3.34. The van der Waals surface area contributed by atoms with Gasteiger partial charge in [0.15, 0.2) is 0 Å². The van der Waals surface area contributed by atoms with E-state index in [1.165, 1.54) is 24.4 Å². The van der Waals surface area contributed by atoms with Crippen LogP contribution in [0, 0.1) is 0 Å². The van der Waals surface area contributed by atoms with E-state index >= 15 is 0 Å². The van der Waals surface area contributed by atoms with Gasteiger partial charge in [-0.2, -0.15) is 13.2 Å². The van der Waals surface area contributed by atoms with Gasteiger partial charge in [-0.25, -0.2) is 9.78 Å². The molecular formula is C13H7BrF3NO2S. The Bertz CT molecular complexity index is 691. The summed E-state index contributed by atoms with van der Waals surface area (Å²) >= 11 is 3.62. The fourth-order valence-electron chi connectivity index (χ4n) is 1.55. The molecule has 0 fully saturated rings. The van der Waals surface area contributed by atoms with Crippen LogP contribution in [0.25, 0.3) is 0 Å². The molecule has 2 aromatic rings. The molecule has 0 bridgehead atoms. The van der Waals surface area contributed by atoms with Crippen molar-refractivity contribution in [2.24, 2.45) is 0 Å². The number of hydrogen-bond acceptors (Lipinski definition) is 3. The number of pyridine rings is 1. The Labute approximate surface area is 130 Å². The summed E-state index contributed by atoms with van der Waals surface area (Å²) < 4.78 is 39.2. The van der Waals surface area contributed by atoms with Crippen molar-refractivity contribution < 1.29 is 23.1 Å². The maximum absolute atomic E-state index is 13.0. The second-order valence-electron chi connectivity index (χ2n) is 3.91. The molecule has 0 saturated heterocycles. The Kier molecular flexibility index (Phi) is 4.58. The number of benzene rings is 1. The van der Waals surface area contributed by atoms with Gasteiger partial charge < -0.3 is 5.11 Å². The molecule has 0 saturated carbocycles. The highest BCUT2D eigenvalue weighted by molar-refractivity contribution is 9.10. The molecule has 0 atom stereocenters. The topological polar surface area (TPSA) is 50.2 Å². The van der Waals surface area contributed by atoms with Gasteiger partial charge in [-0.3, -0.25) is 0 Å². The highest BCUT2D eigenvalue weighted by Crippen LogP contribution is 2.40. The van der Waals surface area contributed by atoms with Crippen molar-refractivity contribution in [3.8, 4) is 0 Å². The number of aromatic nitrogens is 1. The quantitative estimate of drug-likeness (QED) is 0.841. The van der Waals surface area contributed by atoms with Crippen molar-refractivity contribution in [1.29, 1.82) is 0 Å². The van der Waals surface area contributed by atoms with Crippen LogP contribution in [0.2, 0.25) is 0 Å². The number of carboxylic acid groups (broad SMARTS) is 1. The molecule has 1 N–H and O–H groups in total. The van der Waals surface area contributed by atoms with Gasteiger partial charge in [0.2, 0.25) is 0 Å². The Hall–Kier alpha value is -1.54. The molecule has 1 aromatic carbocycles. The van der Waals surface area contributed by atoms with Crippen molar-refractivity contribution in [1.82, 2.24) is 4.98 Å².